The highest BCUT2D eigenvalue weighted by molar-refractivity contribution is 9.10. The summed E-state index contributed by atoms with van der Waals surface area (Å²) in [7, 11) is 0. The molecule has 0 aliphatic carbocycles. The maximum Gasteiger partial charge on any atom is 0.164 e. The molecule has 1 aromatic rings. The van der Waals surface area contributed by atoms with Crippen LogP contribution in [0.2, 0.25) is 0 Å². The van der Waals surface area contributed by atoms with Gasteiger partial charge in [-0.15, -0.1) is 0 Å². The van der Waals surface area contributed by atoms with Crippen LogP contribution in [0.5, 0.6) is 0 Å². The Bertz CT molecular complexity index is 352. The van der Waals surface area contributed by atoms with E-state index in [1.165, 1.54) is 6.07 Å². The van der Waals surface area contributed by atoms with Crippen LogP contribution < -0.4 is 5.73 Å². The molecule has 2 N–H and O–H groups in total. The van der Waals surface area contributed by atoms with Gasteiger partial charge in [-0.2, -0.15) is 0 Å². The second-order valence-corrected chi connectivity index (χ2v) is 3.48. The predicted molar refractivity (Wildman–Crippen MR) is 53.1 cm³/mol. The van der Waals surface area contributed by atoms with Gasteiger partial charge in [-0.05, 0) is 28.1 Å². The molecule has 0 atom stereocenters. The van der Waals surface area contributed by atoms with Gasteiger partial charge in [-0.1, -0.05) is 6.92 Å². The van der Waals surface area contributed by atoms with Gasteiger partial charge in [-0.3, -0.25) is 4.79 Å². The first-order valence-electron chi connectivity index (χ1n) is 3.84. The first-order chi connectivity index (χ1) is 6.06. The molecule has 2 nitrogen and oxygen atoms in total. The minimum Gasteiger partial charge on any atom is -0.398 e. The SMILES string of the molecule is CCC(=O)c1cc(Br)c(F)cc1N. The number of rotatable bonds is 2. The van der Waals surface area contributed by atoms with E-state index in [1.54, 1.807) is 6.92 Å². The van der Waals surface area contributed by atoms with Gasteiger partial charge in [0.1, 0.15) is 5.82 Å². The summed E-state index contributed by atoms with van der Waals surface area (Å²) in [6.45, 7) is 1.74. The molecule has 0 amide bonds. The second kappa shape index (κ2) is 3.87. The van der Waals surface area contributed by atoms with E-state index in [9.17, 15) is 9.18 Å². The normalized spacial score (nSPS) is 10.1. The maximum absolute atomic E-state index is 12.9. The monoisotopic (exact) mass is 245 g/mol. The van der Waals surface area contributed by atoms with E-state index in [0.717, 1.165) is 6.07 Å². The summed E-state index contributed by atoms with van der Waals surface area (Å²) < 4.78 is 13.2. The number of carbonyl (C=O) groups excluding carboxylic acids is 1. The minimum atomic E-state index is -0.454. The molecule has 1 aromatic carbocycles. The second-order valence-electron chi connectivity index (χ2n) is 2.63. The van der Waals surface area contributed by atoms with Crippen molar-refractivity contribution in [3.05, 3.63) is 28.0 Å². The molecule has 0 aliphatic heterocycles. The summed E-state index contributed by atoms with van der Waals surface area (Å²) in [5.74, 6) is -0.539. The Kier molecular flexibility index (Phi) is 3.03. The summed E-state index contributed by atoms with van der Waals surface area (Å²) in [5.41, 5.74) is 6.04. The Morgan fingerprint density at radius 2 is 2.23 bits per heavy atom. The lowest BCUT2D eigenvalue weighted by Crippen LogP contribution is -2.03. The van der Waals surface area contributed by atoms with Gasteiger partial charge >= 0.3 is 0 Å². The molecule has 0 aliphatic rings. The zero-order valence-corrected chi connectivity index (χ0v) is 8.69. The van der Waals surface area contributed by atoms with Crippen molar-refractivity contribution in [1.82, 2.24) is 0 Å². The number of anilines is 1. The zero-order chi connectivity index (χ0) is 10.0. The van der Waals surface area contributed by atoms with Gasteiger partial charge in [0, 0.05) is 17.7 Å². The molecule has 0 spiro atoms. The standard InChI is InChI=1S/C9H9BrFNO/c1-2-9(13)5-3-6(10)7(11)4-8(5)12/h3-4H,2,12H2,1H3. The Labute approximate surface area is 84.1 Å². The molecule has 0 radical (unpaired) electrons. The number of ketones is 1. The highest BCUT2D eigenvalue weighted by atomic mass is 79.9. The van der Waals surface area contributed by atoms with Crippen LogP contribution in [0.3, 0.4) is 0 Å². The number of hydrogen-bond acceptors (Lipinski definition) is 2. The van der Waals surface area contributed by atoms with E-state index in [1.807, 2.05) is 0 Å². The van der Waals surface area contributed by atoms with Gasteiger partial charge in [0.2, 0.25) is 0 Å². The third-order valence-corrected chi connectivity index (χ3v) is 2.32. The molecule has 4 heteroatoms. The van der Waals surface area contributed by atoms with Crippen LogP contribution in [-0.2, 0) is 0 Å². The first kappa shape index (κ1) is 10.2. The van der Waals surface area contributed by atoms with Gasteiger partial charge in [0.15, 0.2) is 5.78 Å². The van der Waals surface area contributed by atoms with Crippen molar-refractivity contribution in [3.63, 3.8) is 0 Å². The predicted octanol–water partition coefficient (Wildman–Crippen LogP) is 2.76. The minimum absolute atomic E-state index is 0.0850. The molecule has 0 bridgehead atoms. The van der Waals surface area contributed by atoms with Crippen molar-refractivity contribution in [3.8, 4) is 0 Å². The van der Waals surface area contributed by atoms with Gasteiger partial charge < -0.3 is 5.73 Å². The first-order valence-corrected chi connectivity index (χ1v) is 4.63. The quantitative estimate of drug-likeness (QED) is 0.644. The van der Waals surface area contributed by atoms with Gasteiger partial charge in [0.25, 0.3) is 0 Å². The molecule has 70 valence electrons. The van der Waals surface area contributed by atoms with E-state index >= 15 is 0 Å². The van der Waals surface area contributed by atoms with Crippen molar-refractivity contribution in [2.45, 2.75) is 13.3 Å². The summed E-state index contributed by atoms with van der Waals surface area (Å²) in [6.07, 6.45) is 0.363. The summed E-state index contributed by atoms with van der Waals surface area (Å²) in [5, 5.41) is 0. The topological polar surface area (TPSA) is 43.1 Å². The Hall–Kier alpha value is -0.900. The van der Waals surface area contributed by atoms with E-state index in [2.05, 4.69) is 15.9 Å². The Morgan fingerprint density at radius 1 is 1.62 bits per heavy atom. The van der Waals surface area contributed by atoms with Crippen LogP contribution >= 0.6 is 15.9 Å². The number of nitrogens with two attached hydrogens (primary N) is 1. The fraction of sp³-hybridized carbons (Fsp3) is 0.222. The number of Topliss-reactive ketones (excluding diaryl/α,β-unsaturated/α-hetero) is 1. The molecule has 0 saturated carbocycles. The van der Waals surface area contributed by atoms with Crippen LogP contribution in [-0.4, -0.2) is 5.78 Å². The fourth-order valence-corrected chi connectivity index (χ4v) is 1.34. The molecular weight excluding hydrogens is 237 g/mol. The molecular formula is C9H9BrFNO. The summed E-state index contributed by atoms with van der Waals surface area (Å²) in [6, 6.07) is 2.56. The van der Waals surface area contributed by atoms with E-state index in [-0.39, 0.29) is 15.9 Å². The van der Waals surface area contributed by atoms with Crippen LogP contribution in [0.1, 0.15) is 23.7 Å². The van der Waals surface area contributed by atoms with Crippen molar-refractivity contribution in [2.75, 3.05) is 5.73 Å². The lowest BCUT2D eigenvalue weighted by Gasteiger charge is -2.04. The third kappa shape index (κ3) is 2.06. The van der Waals surface area contributed by atoms with E-state index in [4.69, 9.17) is 5.73 Å². The van der Waals surface area contributed by atoms with Crippen molar-refractivity contribution in [1.29, 1.82) is 0 Å². The van der Waals surface area contributed by atoms with Crippen LogP contribution in [0.4, 0.5) is 10.1 Å². The smallest absolute Gasteiger partial charge is 0.164 e. The van der Waals surface area contributed by atoms with Gasteiger partial charge in [-0.25, -0.2) is 4.39 Å². The van der Waals surface area contributed by atoms with E-state index < -0.39 is 5.82 Å². The maximum atomic E-state index is 12.9. The number of halogens is 2. The highest BCUT2D eigenvalue weighted by Gasteiger charge is 2.10. The summed E-state index contributed by atoms with van der Waals surface area (Å²) >= 11 is 2.99. The zero-order valence-electron chi connectivity index (χ0n) is 7.10. The lowest BCUT2D eigenvalue weighted by molar-refractivity contribution is 0.0989. The number of hydrogen-bond donors (Lipinski definition) is 1. The molecule has 0 heterocycles. The van der Waals surface area contributed by atoms with Crippen molar-refractivity contribution in [2.24, 2.45) is 0 Å². The van der Waals surface area contributed by atoms with Crippen molar-refractivity contribution < 1.29 is 9.18 Å². The molecule has 0 aromatic heterocycles. The average molecular weight is 246 g/mol. The van der Waals surface area contributed by atoms with Crippen LogP contribution in [0.25, 0.3) is 0 Å². The largest absolute Gasteiger partial charge is 0.398 e. The Balaban J connectivity index is 3.23. The summed E-state index contributed by atoms with van der Waals surface area (Å²) in [4.78, 5) is 11.3. The lowest BCUT2D eigenvalue weighted by atomic mass is 10.1. The van der Waals surface area contributed by atoms with Crippen LogP contribution in [0, 0.1) is 5.82 Å². The van der Waals surface area contributed by atoms with Crippen molar-refractivity contribution >= 4 is 27.4 Å². The average Bonchev–Trinajstić information content (AvgIpc) is 2.10. The van der Waals surface area contributed by atoms with E-state index in [0.29, 0.717) is 12.0 Å². The van der Waals surface area contributed by atoms with Crippen LogP contribution in [0.15, 0.2) is 16.6 Å². The van der Waals surface area contributed by atoms with Gasteiger partial charge in [0.05, 0.1) is 4.47 Å². The highest BCUT2D eigenvalue weighted by Crippen LogP contribution is 2.23. The Morgan fingerprint density at radius 3 is 2.77 bits per heavy atom. The third-order valence-electron chi connectivity index (χ3n) is 1.71. The molecule has 0 unspecified atom stereocenters. The molecule has 1 rings (SSSR count). The number of nitrogen functional groups attached to an aromatic ring is 1. The molecule has 0 saturated heterocycles. The molecule has 0 fully saturated rings. The fourth-order valence-electron chi connectivity index (χ4n) is 0.994. The number of benzene rings is 1. The number of carbonyl (C=O) groups is 1. The molecule has 13 heavy (non-hydrogen) atoms.